The molecule has 0 saturated heterocycles. The minimum absolute atomic E-state index is 0.0896. The number of furan rings is 1. The monoisotopic (exact) mass is 367 g/mol. The maximum atomic E-state index is 12.2. The molecule has 4 aromatic rings. The molecule has 0 unspecified atom stereocenters. The van der Waals surface area contributed by atoms with E-state index >= 15 is 0 Å². The van der Waals surface area contributed by atoms with Gasteiger partial charge in [0.1, 0.15) is 11.3 Å². The number of carbonyl (C=O) groups excluding carboxylic acids is 1. The number of nitrogens with zero attached hydrogens (tertiary/aromatic N) is 2. The van der Waals surface area contributed by atoms with E-state index in [9.17, 15) is 4.79 Å². The first-order valence-electron chi connectivity index (χ1n) is 8.32. The molecule has 0 bridgehead atoms. The summed E-state index contributed by atoms with van der Waals surface area (Å²) in [7, 11) is 0. The van der Waals surface area contributed by atoms with E-state index in [1.165, 1.54) is 0 Å². The van der Waals surface area contributed by atoms with E-state index in [1.807, 2.05) is 54.1 Å². The number of rotatable bonds is 6. The van der Waals surface area contributed by atoms with E-state index < -0.39 is 0 Å². The highest BCUT2D eigenvalue weighted by Crippen LogP contribution is 2.23. The molecule has 26 heavy (non-hydrogen) atoms. The first kappa shape index (κ1) is 16.5. The zero-order chi connectivity index (χ0) is 17.9. The minimum Gasteiger partial charge on any atom is -0.459 e. The van der Waals surface area contributed by atoms with Crippen molar-refractivity contribution in [1.82, 2.24) is 15.5 Å². The highest BCUT2D eigenvalue weighted by molar-refractivity contribution is 7.08. The zero-order valence-electron chi connectivity index (χ0n) is 14.1. The highest BCUT2D eigenvalue weighted by Gasteiger charge is 2.15. The van der Waals surface area contributed by atoms with Gasteiger partial charge < -0.3 is 14.3 Å². The Hall–Kier alpha value is -2.93. The Morgan fingerprint density at radius 3 is 3.00 bits per heavy atom. The number of hydrogen-bond acceptors (Lipinski definition) is 6. The minimum atomic E-state index is -0.209. The molecular formula is C19H17N3O3S. The van der Waals surface area contributed by atoms with Crippen molar-refractivity contribution >= 4 is 28.2 Å². The van der Waals surface area contributed by atoms with E-state index in [0.717, 1.165) is 22.3 Å². The van der Waals surface area contributed by atoms with Crippen LogP contribution in [0, 0.1) is 0 Å². The largest absolute Gasteiger partial charge is 0.459 e. The van der Waals surface area contributed by atoms with Crippen LogP contribution in [0.25, 0.3) is 22.4 Å². The lowest BCUT2D eigenvalue weighted by Crippen LogP contribution is -2.26. The second-order valence-corrected chi connectivity index (χ2v) is 6.78. The maximum absolute atomic E-state index is 12.2. The standard InChI is InChI=1S/C19H17N3O3S/c1-12(16-10-13-4-2-3-5-15(13)24-16)20-17(23)6-7-18-21-19(22-25-18)14-8-9-26-11-14/h2-5,8-12H,6-7H2,1H3,(H,20,23)/t12-/m0/s1. The van der Waals surface area contributed by atoms with Crippen LogP contribution in [0.2, 0.25) is 0 Å². The summed E-state index contributed by atoms with van der Waals surface area (Å²) >= 11 is 1.57. The molecule has 3 heterocycles. The van der Waals surface area contributed by atoms with Gasteiger partial charge in [-0.1, -0.05) is 23.4 Å². The molecule has 1 atom stereocenters. The third-order valence-corrected chi connectivity index (χ3v) is 4.75. The molecule has 7 heteroatoms. The Bertz CT molecular complexity index is 987. The molecule has 0 aliphatic carbocycles. The van der Waals surface area contributed by atoms with Gasteiger partial charge in [-0.05, 0) is 30.5 Å². The van der Waals surface area contributed by atoms with E-state index in [4.69, 9.17) is 8.94 Å². The number of carbonyl (C=O) groups is 1. The predicted octanol–water partition coefficient (Wildman–Crippen LogP) is 4.35. The molecule has 1 amide bonds. The quantitative estimate of drug-likeness (QED) is 0.548. The Morgan fingerprint density at radius 1 is 1.31 bits per heavy atom. The number of aryl methyl sites for hydroxylation is 1. The third kappa shape index (κ3) is 3.52. The van der Waals surface area contributed by atoms with Crippen LogP contribution in [-0.4, -0.2) is 16.0 Å². The summed E-state index contributed by atoms with van der Waals surface area (Å²) in [5.41, 5.74) is 1.74. The van der Waals surface area contributed by atoms with Crippen LogP contribution in [0.1, 0.15) is 31.0 Å². The Kier molecular flexibility index (Phi) is 4.53. The third-order valence-electron chi connectivity index (χ3n) is 4.06. The van der Waals surface area contributed by atoms with Gasteiger partial charge in [0.2, 0.25) is 17.6 Å². The van der Waals surface area contributed by atoms with Gasteiger partial charge in [-0.2, -0.15) is 16.3 Å². The number of nitrogens with one attached hydrogen (secondary N) is 1. The summed E-state index contributed by atoms with van der Waals surface area (Å²) in [6, 6.07) is 11.4. The van der Waals surface area contributed by atoms with Crippen LogP contribution in [0.3, 0.4) is 0 Å². The van der Waals surface area contributed by atoms with Crippen LogP contribution < -0.4 is 5.32 Å². The summed E-state index contributed by atoms with van der Waals surface area (Å²) in [6.07, 6.45) is 0.672. The fraction of sp³-hybridized carbons (Fsp3) is 0.211. The van der Waals surface area contributed by atoms with Gasteiger partial charge in [-0.25, -0.2) is 0 Å². The molecular weight excluding hydrogens is 350 g/mol. The van der Waals surface area contributed by atoms with Gasteiger partial charge in [0, 0.05) is 29.2 Å². The smallest absolute Gasteiger partial charge is 0.227 e. The fourth-order valence-corrected chi connectivity index (χ4v) is 3.32. The molecule has 0 radical (unpaired) electrons. The van der Waals surface area contributed by atoms with E-state index in [0.29, 0.717) is 18.1 Å². The van der Waals surface area contributed by atoms with Crippen molar-refractivity contribution in [2.45, 2.75) is 25.8 Å². The number of amides is 1. The van der Waals surface area contributed by atoms with Crippen molar-refractivity contribution in [1.29, 1.82) is 0 Å². The van der Waals surface area contributed by atoms with Gasteiger partial charge in [0.25, 0.3) is 0 Å². The van der Waals surface area contributed by atoms with Gasteiger partial charge in [-0.3, -0.25) is 4.79 Å². The molecule has 1 aromatic carbocycles. The lowest BCUT2D eigenvalue weighted by molar-refractivity contribution is -0.121. The molecule has 132 valence electrons. The van der Waals surface area contributed by atoms with Crippen molar-refractivity contribution in [2.75, 3.05) is 0 Å². The van der Waals surface area contributed by atoms with Crippen LogP contribution in [-0.2, 0) is 11.2 Å². The van der Waals surface area contributed by atoms with E-state index in [-0.39, 0.29) is 18.4 Å². The molecule has 6 nitrogen and oxygen atoms in total. The number of benzene rings is 1. The normalized spacial score (nSPS) is 12.3. The number of hydrogen-bond donors (Lipinski definition) is 1. The van der Waals surface area contributed by atoms with Crippen molar-refractivity contribution in [3.05, 3.63) is 58.8 Å². The molecule has 4 rings (SSSR count). The summed E-state index contributed by atoms with van der Waals surface area (Å²) in [5, 5.41) is 11.8. The fourth-order valence-electron chi connectivity index (χ4n) is 2.69. The molecule has 0 fully saturated rings. The molecule has 0 aliphatic heterocycles. The first-order valence-corrected chi connectivity index (χ1v) is 9.26. The Morgan fingerprint density at radius 2 is 2.19 bits per heavy atom. The van der Waals surface area contributed by atoms with Crippen molar-refractivity contribution < 1.29 is 13.7 Å². The summed E-state index contributed by atoms with van der Waals surface area (Å²) in [4.78, 5) is 16.5. The first-order chi connectivity index (χ1) is 12.7. The lowest BCUT2D eigenvalue weighted by Gasteiger charge is -2.10. The predicted molar refractivity (Wildman–Crippen MR) is 98.7 cm³/mol. The second-order valence-electron chi connectivity index (χ2n) is 6.00. The summed E-state index contributed by atoms with van der Waals surface area (Å²) < 4.78 is 11.0. The lowest BCUT2D eigenvalue weighted by atomic mass is 10.2. The molecule has 1 N–H and O–H groups in total. The number of para-hydroxylation sites is 1. The number of aromatic nitrogens is 2. The topological polar surface area (TPSA) is 81.2 Å². The van der Waals surface area contributed by atoms with Crippen LogP contribution in [0.15, 0.2) is 56.1 Å². The van der Waals surface area contributed by atoms with Crippen molar-refractivity contribution in [2.24, 2.45) is 0 Å². The number of thiophene rings is 1. The molecule has 0 saturated carbocycles. The molecule has 3 aromatic heterocycles. The van der Waals surface area contributed by atoms with Crippen LogP contribution in [0.4, 0.5) is 0 Å². The van der Waals surface area contributed by atoms with Gasteiger partial charge >= 0.3 is 0 Å². The van der Waals surface area contributed by atoms with E-state index in [2.05, 4.69) is 15.5 Å². The van der Waals surface area contributed by atoms with Gasteiger partial charge in [-0.15, -0.1) is 0 Å². The summed E-state index contributed by atoms with van der Waals surface area (Å²) in [5.74, 6) is 1.65. The van der Waals surface area contributed by atoms with Crippen molar-refractivity contribution in [3.8, 4) is 11.4 Å². The van der Waals surface area contributed by atoms with Crippen LogP contribution >= 0.6 is 11.3 Å². The highest BCUT2D eigenvalue weighted by atomic mass is 32.1. The Balaban J connectivity index is 1.33. The van der Waals surface area contributed by atoms with Crippen molar-refractivity contribution in [3.63, 3.8) is 0 Å². The maximum Gasteiger partial charge on any atom is 0.227 e. The zero-order valence-corrected chi connectivity index (χ0v) is 15.0. The SMILES string of the molecule is C[C@H](NC(=O)CCc1nc(-c2ccsc2)no1)c1cc2ccccc2o1. The van der Waals surface area contributed by atoms with E-state index in [1.54, 1.807) is 11.3 Å². The summed E-state index contributed by atoms with van der Waals surface area (Å²) in [6.45, 7) is 1.90. The second kappa shape index (κ2) is 7.13. The Labute approximate surface area is 153 Å². The average Bonchev–Trinajstić information content (AvgIpc) is 3.39. The van der Waals surface area contributed by atoms with Gasteiger partial charge in [0.05, 0.1) is 6.04 Å². The molecule has 0 spiro atoms. The van der Waals surface area contributed by atoms with Crippen LogP contribution in [0.5, 0.6) is 0 Å². The van der Waals surface area contributed by atoms with Gasteiger partial charge in [0.15, 0.2) is 0 Å². The number of fused-ring (bicyclic) bond motifs is 1. The molecule has 0 aliphatic rings. The average molecular weight is 367 g/mol.